The van der Waals surface area contributed by atoms with E-state index in [0.29, 0.717) is 30.3 Å². The van der Waals surface area contributed by atoms with E-state index in [9.17, 15) is 0 Å². The smallest absolute Gasteiger partial charge is 0.0719 e. The molecule has 0 rings (SSSR count). The van der Waals surface area contributed by atoms with E-state index in [1.54, 1.807) is 0 Å². The second-order valence-electron chi connectivity index (χ2n) is 7.46. The van der Waals surface area contributed by atoms with Crippen LogP contribution < -0.4 is 0 Å². The summed E-state index contributed by atoms with van der Waals surface area (Å²) in [5.41, 5.74) is 0. The molecule has 0 saturated heterocycles. The Morgan fingerprint density at radius 1 is 0.632 bits per heavy atom. The van der Waals surface area contributed by atoms with Gasteiger partial charge < -0.3 is 0 Å². The highest BCUT2D eigenvalue weighted by Crippen LogP contribution is 2.33. The van der Waals surface area contributed by atoms with Crippen molar-refractivity contribution in [2.45, 2.75) is 105 Å². The Kier molecular flexibility index (Phi) is 7.52. The Hall–Kier alpha value is 0.350. The molecule has 0 heterocycles. The van der Waals surface area contributed by atoms with E-state index >= 15 is 0 Å². The molecule has 2 nitrogen and oxygen atoms in total. The second-order valence-corrected chi connectivity index (χ2v) is 8.95. The van der Waals surface area contributed by atoms with E-state index in [1.807, 2.05) is 0 Å². The summed E-state index contributed by atoms with van der Waals surface area (Å²) in [6, 6.07) is 2.18. The highest BCUT2D eigenvalue weighted by atomic mass is 31.0. The fraction of sp³-hybridized carbons (Fsp3) is 1.00. The Balaban J connectivity index is 5.65. The SMILES string of the molecule is CC(C)N(C(C)C)C(N(C(C)C)C(C)C)C(C)(C)P. The van der Waals surface area contributed by atoms with E-state index < -0.39 is 0 Å². The Bertz CT molecular complexity index is 218. The van der Waals surface area contributed by atoms with Crippen LogP contribution in [0.5, 0.6) is 0 Å². The Labute approximate surface area is 124 Å². The van der Waals surface area contributed by atoms with E-state index in [0.717, 1.165) is 0 Å². The van der Waals surface area contributed by atoms with Crippen molar-refractivity contribution in [3.8, 4) is 0 Å². The quantitative estimate of drug-likeness (QED) is 0.511. The first-order valence-electron chi connectivity index (χ1n) is 7.75. The zero-order chi connectivity index (χ0) is 15.5. The summed E-state index contributed by atoms with van der Waals surface area (Å²) in [7, 11) is 3.07. The zero-order valence-electron chi connectivity index (χ0n) is 14.9. The predicted molar refractivity (Wildman–Crippen MR) is 91.8 cm³/mol. The molecule has 0 aromatic heterocycles. The van der Waals surface area contributed by atoms with Crippen molar-refractivity contribution in [1.29, 1.82) is 0 Å². The van der Waals surface area contributed by atoms with Crippen LogP contribution in [0.4, 0.5) is 0 Å². The molecule has 3 heteroatoms. The van der Waals surface area contributed by atoms with Gasteiger partial charge in [0.15, 0.2) is 0 Å². The Morgan fingerprint density at radius 2 is 0.842 bits per heavy atom. The van der Waals surface area contributed by atoms with Crippen LogP contribution >= 0.6 is 9.24 Å². The molecule has 0 aromatic rings. The van der Waals surface area contributed by atoms with Gasteiger partial charge in [-0.05, 0) is 55.4 Å². The third-order valence-corrected chi connectivity index (χ3v) is 3.91. The normalized spacial score (nSPS) is 14.2. The van der Waals surface area contributed by atoms with Gasteiger partial charge in [-0.15, -0.1) is 9.24 Å². The molecule has 0 aliphatic carbocycles. The number of hydrogen-bond acceptors (Lipinski definition) is 2. The van der Waals surface area contributed by atoms with Gasteiger partial charge in [-0.2, -0.15) is 0 Å². The average molecular weight is 288 g/mol. The molecule has 0 saturated carbocycles. The number of rotatable bonds is 7. The third-order valence-electron chi connectivity index (χ3n) is 3.62. The molecule has 0 amide bonds. The first-order chi connectivity index (χ1) is 8.41. The van der Waals surface area contributed by atoms with Crippen molar-refractivity contribution >= 4 is 9.24 Å². The highest BCUT2D eigenvalue weighted by molar-refractivity contribution is 7.19. The zero-order valence-corrected chi connectivity index (χ0v) is 16.0. The largest absolute Gasteiger partial charge is 0.282 e. The van der Waals surface area contributed by atoms with Gasteiger partial charge in [0.1, 0.15) is 0 Å². The summed E-state index contributed by atoms with van der Waals surface area (Å²) >= 11 is 0. The van der Waals surface area contributed by atoms with E-state index in [-0.39, 0.29) is 5.16 Å². The van der Waals surface area contributed by atoms with Crippen LogP contribution in [0, 0.1) is 0 Å². The van der Waals surface area contributed by atoms with Crippen LogP contribution in [0.1, 0.15) is 69.2 Å². The fourth-order valence-electron chi connectivity index (χ4n) is 3.24. The van der Waals surface area contributed by atoms with Gasteiger partial charge in [0.2, 0.25) is 0 Å². The van der Waals surface area contributed by atoms with Gasteiger partial charge in [0.25, 0.3) is 0 Å². The number of hydrogen-bond donors (Lipinski definition) is 0. The maximum Gasteiger partial charge on any atom is 0.0719 e. The third kappa shape index (κ3) is 5.33. The molecule has 0 N–H and O–H groups in total. The Morgan fingerprint density at radius 3 is 0.947 bits per heavy atom. The van der Waals surface area contributed by atoms with Gasteiger partial charge >= 0.3 is 0 Å². The van der Waals surface area contributed by atoms with Gasteiger partial charge in [0, 0.05) is 29.3 Å². The monoisotopic (exact) mass is 288 g/mol. The van der Waals surface area contributed by atoms with Crippen LogP contribution in [0.2, 0.25) is 0 Å². The molecule has 0 aliphatic rings. The molecule has 19 heavy (non-hydrogen) atoms. The summed E-state index contributed by atoms with van der Waals surface area (Å²) in [4.78, 5) is 5.29. The lowest BCUT2D eigenvalue weighted by atomic mass is 10.0. The van der Waals surface area contributed by atoms with Crippen molar-refractivity contribution in [2.75, 3.05) is 0 Å². The molecule has 1 unspecified atom stereocenters. The summed E-state index contributed by atoms with van der Waals surface area (Å²) in [5.74, 6) is 0. The first-order valence-corrected chi connectivity index (χ1v) is 8.32. The topological polar surface area (TPSA) is 6.48 Å². The minimum Gasteiger partial charge on any atom is -0.282 e. The molecule has 0 aromatic carbocycles. The summed E-state index contributed by atoms with van der Waals surface area (Å²) < 4.78 is 0. The molecule has 0 spiro atoms. The van der Waals surface area contributed by atoms with Crippen molar-refractivity contribution in [2.24, 2.45) is 0 Å². The van der Waals surface area contributed by atoms with Crippen LogP contribution in [-0.2, 0) is 0 Å². The van der Waals surface area contributed by atoms with Crippen molar-refractivity contribution in [3.63, 3.8) is 0 Å². The molecular weight excluding hydrogens is 251 g/mol. The van der Waals surface area contributed by atoms with E-state index in [1.165, 1.54) is 0 Å². The van der Waals surface area contributed by atoms with Crippen molar-refractivity contribution in [3.05, 3.63) is 0 Å². The minimum absolute atomic E-state index is 0.156. The van der Waals surface area contributed by atoms with Gasteiger partial charge in [-0.25, -0.2) is 0 Å². The minimum atomic E-state index is 0.156. The summed E-state index contributed by atoms with van der Waals surface area (Å²) in [5, 5.41) is 0.156. The highest BCUT2D eigenvalue weighted by Gasteiger charge is 2.39. The molecular formula is C16H37N2P. The van der Waals surface area contributed by atoms with E-state index in [2.05, 4.69) is 88.3 Å². The number of nitrogens with zero attached hydrogens (tertiary/aromatic N) is 2. The molecule has 116 valence electrons. The lowest BCUT2D eigenvalue weighted by Crippen LogP contribution is -2.64. The van der Waals surface area contributed by atoms with Crippen LogP contribution in [0.25, 0.3) is 0 Å². The first kappa shape index (κ1) is 19.4. The van der Waals surface area contributed by atoms with Crippen LogP contribution in [0.3, 0.4) is 0 Å². The molecule has 1 atom stereocenters. The average Bonchev–Trinajstić information content (AvgIpc) is 2.12. The fourth-order valence-corrected chi connectivity index (χ4v) is 3.59. The summed E-state index contributed by atoms with van der Waals surface area (Å²) in [6.45, 7) is 23.1. The standard InChI is InChI=1S/C16H37N2P/c1-11(2)17(12(3)4)15(16(9,10)19)18(13(5)6)14(7)8/h11-15H,19H2,1-10H3. The second kappa shape index (κ2) is 7.38. The molecule has 0 fully saturated rings. The predicted octanol–water partition coefficient (Wildman–Crippen LogP) is 4.20. The lowest BCUT2D eigenvalue weighted by molar-refractivity contribution is -0.0505. The lowest BCUT2D eigenvalue weighted by Gasteiger charge is -2.53. The van der Waals surface area contributed by atoms with Crippen LogP contribution in [-0.4, -0.2) is 45.3 Å². The van der Waals surface area contributed by atoms with Gasteiger partial charge in [-0.1, -0.05) is 13.8 Å². The maximum absolute atomic E-state index is 3.07. The van der Waals surface area contributed by atoms with Gasteiger partial charge in [-0.3, -0.25) is 9.80 Å². The molecule has 0 aliphatic heterocycles. The van der Waals surface area contributed by atoms with Crippen molar-refractivity contribution < 1.29 is 0 Å². The summed E-state index contributed by atoms with van der Waals surface area (Å²) in [6.07, 6.45) is 0.428. The van der Waals surface area contributed by atoms with E-state index in [4.69, 9.17) is 0 Å². The molecule has 0 radical (unpaired) electrons. The van der Waals surface area contributed by atoms with Gasteiger partial charge in [0.05, 0.1) is 6.17 Å². The van der Waals surface area contributed by atoms with Crippen molar-refractivity contribution in [1.82, 2.24) is 9.80 Å². The van der Waals surface area contributed by atoms with Crippen LogP contribution in [0.15, 0.2) is 0 Å². The molecule has 0 bridgehead atoms. The maximum atomic E-state index is 3.07.